The van der Waals surface area contributed by atoms with Gasteiger partial charge in [0.15, 0.2) is 6.61 Å². The van der Waals surface area contributed by atoms with Gasteiger partial charge < -0.3 is 10.1 Å². The second kappa shape index (κ2) is 9.35. The predicted molar refractivity (Wildman–Crippen MR) is 86.6 cm³/mol. The molecule has 4 nitrogen and oxygen atoms in total. The number of carbonyl (C=O) groups is 2. The first-order chi connectivity index (χ1) is 10.5. The Hall–Kier alpha value is -1.69. The van der Waals surface area contributed by atoms with Crippen molar-refractivity contribution in [2.45, 2.75) is 32.7 Å². The Morgan fingerprint density at radius 3 is 2.68 bits per heavy atom. The highest BCUT2D eigenvalue weighted by atomic mass is 79.9. The van der Waals surface area contributed by atoms with Crippen molar-refractivity contribution >= 4 is 33.9 Å². The van der Waals surface area contributed by atoms with E-state index in [0.717, 1.165) is 18.9 Å². The lowest BCUT2D eigenvalue weighted by atomic mass is 10.2. The van der Waals surface area contributed by atoms with Crippen molar-refractivity contribution in [2.24, 2.45) is 0 Å². The van der Waals surface area contributed by atoms with Crippen LogP contribution < -0.4 is 5.32 Å². The van der Waals surface area contributed by atoms with Crippen LogP contribution in [0.4, 0.5) is 4.39 Å². The van der Waals surface area contributed by atoms with E-state index in [1.165, 1.54) is 12.1 Å². The van der Waals surface area contributed by atoms with Crippen molar-refractivity contribution < 1.29 is 18.7 Å². The molecule has 0 fully saturated rings. The zero-order chi connectivity index (χ0) is 16.5. The minimum Gasteiger partial charge on any atom is -0.452 e. The largest absolute Gasteiger partial charge is 0.452 e. The molecule has 0 aliphatic heterocycles. The minimum atomic E-state index is -0.695. The van der Waals surface area contributed by atoms with E-state index in [9.17, 15) is 14.0 Å². The van der Waals surface area contributed by atoms with E-state index in [2.05, 4.69) is 21.2 Å². The van der Waals surface area contributed by atoms with Crippen molar-refractivity contribution in [3.8, 4) is 0 Å². The molecule has 0 saturated carbocycles. The summed E-state index contributed by atoms with van der Waals surface area (Å²) < 4.78 is 19.0. The molecule has 6 heteroatoms. The molecular formula is C16H19BrFNO3. The first kappa shape index (κ1) is 18.4. The Kier molecular flexibility index (Phi) is 7.80. The second-order valence-electron chi connectivity index (χ2n) is 4.69. The number of nitrogens with one attached hydrogen (secondary N) is 1. The third-order valence-corrected chi connectivity index (χ3v) is 3.55. The summed E-state index contributed by atoms with van der Waals surface area (Å²) in [7, 11) is 0. The molecule has 1 N–H and O–H groups in total. The summed E-state index contributed by atoms with van der Waals surface area (Å²) >= 11 is 3.22. The first-order valence-corrected chi connectivity index (χ1v) is 7.84. The number of rotatable bonds is 7. The summed E-state index contributed by atoms with van der Waals surface area (Å²) in [6, 6.07) is 4.47. The molecule has 0 unspecified atom stereocenters. The Morgan fingerprint density at radius 1 is 1.36 bits per heavy atom. The molecule has 120 valence electrons. The van der Waals surface area contributed by atoms with Gasteiger partial charge in [0.2, 0.25) is 0 Å². The SMILES string of the molecule is CCC(CC)NC(=O)COC(=O)/C=C/c1cc(Br)ccc1F. The quantitative estimate of drug-likeness (QED) is 0.589. The van der Waals surface area contributed by atoms with Crippen LogP contribution in [0.1, 0.15) is 32.3 Å². The van der Waals surface area contributed by atoms with E-state index in [4.69, 9.17) is 4.74 Å². The van der Waals surface area contributed by atoms with Crippen LogP contribution in [0, 0.1) is 5.82 Å². The maximum Gasteiger partial charge on any atom is 0.331 e. The molecule has 22 heavy (non-hydrogen) atoms. The third-order valence-electron chi connectivity index (χ3n) is 3.05. The van der Waals surface area contributed by atoms with Crippen molar-refractivity contribution in [3.05, 3.63) is 40.1 Å². The number of ether oxygens (including phenoxy) is 1. The number of carbonyl (C=O) groups excluding carboxylic acids is 2. The normalized spacial score (nSPS) is 11.0. The van der Waals surface area contributed by atoms with Crippen molar-refractivity contribution in [1.82, 2.24) is 5.32 Å². The number of halogens is 2. The van der Waals surface area contributed by atoms with Crippen molar-refractivity contribution in [1.29, 1.82) is 0 Å². The Bertz CT molecular complexity index is 556. The lowest BCUT2D eigenvalue weighted by Gasteiger charge is -2.14. The molecular weight excluding hydrogens is 353 g/mol. The van der Waals surface area contributed by atoms with Crippen LogP contribution in [0.3, 0.4) is 0 Å². The smallest absolute Gasteiger partial charge is 0.331 e. The van der Waals surface area contributed by atoms with Crippen LogP contribution in [-0.4, -0.2) is 24.5 Å². The molecule has 0 aliphatic rings. The molecule has 0 bridgehead atoms. The van der Waals surface area contributed by atoms with E-state index in [1.54, 1.807) is 12.1 Å². The average molecular weight is 372 g/mol. The van der Waals surface area contributed by atoms with Gasteiger partial charge in [0.05, 0.1) is 0 Å². The average Bonchev–Trinajstić information content (AvgIpc) is 2.51. The molecule has 0 spiro atoms. The van der Waals surface area contributed by atoms with Gasteiger partial charge in [-0.1, -0.05) is 29.8 Å². The molecule has 0 saturated heterocycles. The highest BCUT2D eigenvalue weighted by molar-refractivity contribution is 9.10. The highest BCUT2D eigenvalue weighted by Gasteiger charge is 2.10. The number of amides is 1. The summed E-state index contributed by atoms with van der Waals surface area (Å²) in [5.41, 5.74) is 0.257. The number of hydrogen-bond acceptors (Lipinski definition) is 3. The lowest BCUT2D eigenvalue weighted by molar-refractivity contribution is -0.144. The fraction of sp³-hybridized carbons (Fsp3) is 0.375. The van der Waals surface area contributed by atoms with Crippen LogP contribution in [0.15, 0.2) is 28.7 Å². The van der Waals surface area contributed by atoms with Gasteiger partial charge in [0, 0.05) is 22.2 Å². The summed E-state index contributed by atoms with van der Waals surface area (Å²) in [6.07, 6.45) is 4.03. The van der Waals surface area contributed by atoms with Gasteiger partial charge in [-0.25, -0.2) is 9.18 Å². The monoisotopic (exact) mass is 371 g/mol. The summed E-state index contributed by atoms with van der Waals surface area (Å²) in [5.74, 6) is -1.48. The Morgan fingerprint density at radius 2 is 2.05 bits per heavy atom. The van der Waals surface area contributed by atoms with Crippen LogP contribution in [-0.2, 0) is 14.3 Å². The zero-order valence-electron chi connectivity index (χ0n) is 12.6. The van der Waals surface area contributed by atoms with Crippen LogP contribution in [0.2, 0.25) is 0 Å². The summed E-state index contributed by atoms with van der Waals surface area (Å²) in [5, 5.41) is 2.76. The Balaban J connectivity index is 2.47. The molecule has 0 aromatic heterocycles. The molecule has 1 aromatic rings. The van der Waals surface area contributed by atoms with Crippen molar-refractivity contribution in [3.63, 3.8) is 0 Å². The maximum absolute atomic E-state index is 13.5. The van der Waals surface area contributed by atoms with Gasteiger partial charge in [-0.2, -0.15) is 0 Å². The molecule has 0 aliphatic carbocycles. The summed E-state index contributed by atoms with van der Waals surface area (Å²) in [4.78, 5) is 23.1. The first-order valence-electron chi connectivity index (χ1n) is 7.05. The van der Waals surface area contributed by atoms with Gasteiger partial charge in [-0.3, -0.25) is 4.79 Å². The van der Waals surface area contributed by atoms with E-state index in [0.29, 0.717) is 4.47 Å². The van der Waals surface area contributed by atoms with E-state index in [-0.39, 0.29) is 24.1 Å². The van der Waals surface area contributed by atoms with E-state index >= 15 is 0 Å². The van der Waals surface area contributed by atoms with E-state index in [1.807, 2.05) is 13.8 Å². The number of hydrogen-bond donors (Lipinski definition) is 1. The molecule has 1 rings (SSSR count). The van der Waals surface area contributed by atoms with Gasteiger partial charge in [0.1, 0.15) is 5.82 Å². The second-order valence-corrected chi connectivity index (χ2v) is 5.60. The van der Waals surface area contributed by atoms with Gasteiger partial charge in [-0.05, 0) is 37.1 Å². The van der Waals surface area contributed by atoms with Gasteiger partial charge in [-0.15, -0.1) is 0 Å². The lowest BCUT2D eigenvalue weighted by Crippen LogP contribution is -2.36. The number of benzene rings is 1. The molecule has 0 radical (unpaired) electrons. The van der Waals surface area contributed by atoms with Crippen LogP contribution in [0.5, 0.6) is 0 Å². The highest BCUT2D eigenvalue weighted by Crippen LogP contribution is 2.16. The Labute approximate surface area is 137 Å². The fourth-order valence-corrected chi connectivity index (χ4v) is 2.13. The summed E-state index contributed by atoms with van der Waals surface area (Å²) in [6.45, 7) is 3.59. The van der Waals surface area contributed by atoms with Crippen LogP contribution in [0.25, 0.3) is 6.08 Å². The zero-order valence-corrected chi connectivity index (χ0v) is 14.2. The molecule has 1 amide bonds. The topological polar surface area (TPSA) is 55.4 Å². The van der Waals surface area contributed by atoms with Crippen molar-refractivity contribution in [2.75, 3.05) is 6.61 Å². The van der Waals surface area contributed by atoms with Crippen LogP contribution >= 0.6 is 15.9 Å². The number of esters is 1. The maximum atomic E-state index is 13.5. The fourth-order valence-electron chi connectivity index (χ4n) is 1.75. The van der Waals surface area contributed by atoms with E-state index < -0.39 is 11.8 Å². The van der Waals surface area contributed by atoms with Gasteiger partial charge in [0.25, 0.3) is 5.91 Å². The molecule has 1 aromatic carbocycles. The third kappa shape index (κ3) is 6.39. The predicted octanol–water partition coefficient (Wildman–Crippen LogP) is 3.45. The molecule has 0 heterocycles. The molecule has 0 atom stereocenters. The standard InChI is InChI=1S/C16H19BrFNO3/c1-3-13(4-2)19-15(20)10-22-16(21)8-5-11-9-12(17)6-7-14(11)18/h5-9,13H,3-4,10H2,1-2H3,(H,19,20)/b8-5+. The van der Waals surface area contributed by atoms with Gasteiger partial charge >= 0.3 is 5.97 Å². The minimum absolute atomic E-state index is 0.0810.